The predicted molar refractivity (Wildman–Crippen MR) is 61.4 cm³/mol. The molecule has 1 N–H and O–H groups in total. The Balaban J connectivity index is 2.23. The van der Waals surface area contributed by atoms with Crippen LogP contribution in [0.15, 0.2) is 12.3 Å². The third-order valence-electron chi connectivity index (χ3n) is 3.30. The summed E-state index contributed by atoms with van der Waals surface area (Å²) >= 11 is 0. The minimum atomic E-state index is 0.233. The van der Waals surface area contributed by atoms with E-state index >= 15 is 0 Å². The van der Waals surface area contributed by atoms with Gasteiger partial charge in [0.05, 0.1) is 6.61 Å². The quantitative estimate of drug-likeness (QED) is 0.848. The van der Waals surface area contributed by atoms with E-state index in [1.54, 1.807) is 0 Å². The molecule has 1 aliphatic heterocycles. The Labute approximate surface area is 96.2 Å². The third-order valence-corrected chi connectivity index (χ3v) is 3.30. The highest BCUT2D eigenvalue weighted by Crippen LogP contribution is 2.31. The molecule has 2 heterocycles. The molecule has 0 aromatic carbocycles. The molecule has 0 spiro atoms. The fraction of sp³-hybridized carbons (Fsp3) is 0.750. The molecule has 16 heavy (non-hydrogen) atoms. The van der Waals surface area contributed by atoms with Crippen LogP contribution >= 0.6 is 0 Å². The van der Waals surface area contributed by atoms with Crippen LogP contribution in [0.3, 0.4) is 0 Å². The second-order valence-corrected chi connectivity index (χ2v) is 4.71. The number of rotatable bonds is 3. The maximum atomic E-state index is 9.40. The van der Waals surface area contributed by atoms with Gasteiger partial charge in [-0.2, -0.15) is 5.10 Å². The first-order valence-corrected chi connectivity index (χ1v) is 5.96. The molecule has 4 heteroatoms. The maximum absolute atomic E-state index is 9.40. The van der Waals surface area contributed by atoms with E-state index in [1.807, 2.05) is 16.9 Å². The number of hydrogen-bond donors (Lipinski definition) is 1. The van der Waals surface area contributed by atoms with Gasteiger partial charge in [-0.25, -0.2) is 0 Å². The second kappa shape index (κ2) is 4.97. The van der Waals surface area contributed by atoms with Gasteiger partial charge in [0, 0.05) is 37.1 Å². The van der Waals surface area contributed by atoms with Crippen molar-refractivity contribution in [3.8, 4) is 0 Å². The van der Waals surface area contributed by atoms with Crippen LogP contribution in [0.1, 0.15) is 37.9 Å². The molecule has 0 bridgehead atoms. The highest BCUT2D eigenvalue weighted by molar-refractivity contribution is 5.11. The number of ether oxygens (including phenoxy) is 1. The van der Waals surface area contributed by atoms with Crippen molar-refractivity contribution in [2.75, 3.05) is 19.8 Å². The summed E-state index contributed by atoms with van der Waals surface area (Å²) in [5.41, 5.74) is 1.19. The summed E-state index contributed by atoms with van der Waals surface area (Å²) < 4.78 is 7.55. The van der Waals surface area contributed by atoms with Crippen LogP contribution in [0.5, 0.6) is 0 Å². The van der Waals surface area contributed by atoms with Crippen LogP contribution in [0, 0.1) is 5.92 Å². The van der Waals surface area contributed by atoms with Crippen LogP contribution in [0.25, 0.3) is 0 Å². The van der Waals surface area contributed by atoms with Gasteiger partial charge < -0.3 is 9.84 Å². The lowest BCUT2D eigenvalue weighted by molar-refractivity contribution is 0.0232. The van der Waals surface area contributed by atoms with Crippen molar-refractivity contribution in [2.45, 2.75) is 32.2 Å². The summed E-state index contributed by atoms with van der Waals surface area (Å²) in [4.78, 5) is 0. The minimum Gasteiger partial charge on any atom is -0.396 e. The van der Waals surface area contributed by atoms with Crippen LogP contribution in [-0.2, 0) is 4.74 Å². The highest BCUT2D eigenvalue weighted by atomic mass is 16.5. The third kappa shape index (κ3) is 2.13. The van der Waals surface area contributed by atoms with Gasteiger partial charge >= 0.3 is 0 Å². The van der Waals surface area contributed by atoms with E-state index in [0.717, 1.165) is 13.0 Å². The normalized spacial score (nSPS) is 26.2. The first kappa shape index (κ1) is 11.6. The Morgan fingerprint density at radius 3 is 3.12 bits per heavy atom. The smallest absolute Gasteiger partial charge is 0.0553 e. The molecule has 1 saturated heterocycles. The molecule has 4 nitrogen and oxygen atoms in total. The molecule has 0 unspecified atom stereocenters. The average molecular weight is 224 g/mol. The molecule has 0 aliphatic carbocycles. The van der Waals surface area contributed by atoms with E-state index in [1.165, 1.54) is 5.69 Å². The van der Waals surface area contributed by atoms with Gasteiger partial charge in [-0.3, -0.25) is 4.68 Å². The average Bonchev–Trinajstić information content (AvgIpc) is 2.77. The molecule has 1 aliphatic rings. The Morgan fingerprint density at radius 1 is 1.62 bits per heavy atom. The Hall–Kier alpha value is -0.870. The summed E-state index contributed by atoms with van der Waals surface area (Å²) in [5, 5.41) is 13.7. The standard InChI is InChI=1S/C12H20N2O2/c1-9(2)14-12(3-5-13-14)11-8-16-6-4-10(11)7-15/h3,5,9-11,15H,4,6-8H2,1-2H3/t10-,11-/m0/s1. The Kier molecular flexibility index (Phi) is 3.61. The molecular weight excluding hydrogens is 204 g/mol. The minimum absolute atomic E-state index is 0.233. The van der Waals surface area contributed by atoms with Gasteiger partial charge in [0.25, 0.3) is 0 Å². The molecule has 90 valence electrons. The van der Waals surface area contributed by atoms with Crippen molar-refractivity contribution in [1.82, 2.24) is 9.78 Å². The van der Waals surface area contributed by atoms with Gasteiger partial charge in [0.1, 0.15) is 0 Å². The fourth-order valence-corrected chi connectivity index (χ4v) is 2.38. The van der Waals surface area contributed by atoms with Crippen molar-refractivity contribution in [3.63, 3.8) is 0 Å². The molecule has 0 radical (unpaired) electrons. The summed E-state index contributed by atoms with van der Waals surface area (Å²) in [5.74, 6) is 0.589. The lowest BCUT2D eigenvalue weighted by Crippen LogP contribution is -2.30. The molecule has 0 amide bonds. The van der Waals surface area contributed by atoms with Gasteiger partial charge in [-0.05, 0) is 32.3 Å². The summed E-state index contributed by atoms with van der Waals surface area (Å²) in [6, 6.07) is 2.40. The van der Waals surface area contributed by atoms with Gasteiger partial charge in [-0.15, -0.1) is 0 Å². The van der Waals surface area contributed by atoms with Crippen molar-refractivity contribution in [1.29, 1.82) is 0 Å². The molecule has 1 aromatic rings. The summed E-state index contributed by atoms with van der Waals surface area (Å²) in [7, 11) is 0. The summed E-state index contributed by atoms with van der Waals surface area (Å²) in [6.45, 7) is 5.93. The number of nitrogens with zero attached hydrogens (tertiary/aromatic N) is 2. The lowest BCUT2D eigenvalue weighted by Gasteiger charge is -2.31. The van der Waals surface area contributed by atoms with Crippen LogP contribution < -0.4 is 0 Å². The number of hydrogen-bond acceptors (Lipinski definition) is 3. The number of aliphatic hydroxyl groups is 1. The van der Waals surface area contributed by atoms with Crippen molar-refractivity contribution < 1.29 is 9.84 Å². The van der Waals surface area contributed by atoms with Crippen molar-refractivity contribution in [2.24, 2.45) is 5.92 Å². The zero-order valence-electron chi connectivity index (χ0n) is 9.97. The maximum Gasteiger partial charge on any atom is 0.0553 e. The predicted octanol–water partition coefficient (Wildman–Crippen LogP) is 1.58. The fourth-order valence-electron chi connectivity index (χ4n) is 2.38. The van der Waals surface area contributed by atoms with Gasteiger partial charge in [-0.1, -0.05) is 0 Å². The Morgan fingerprint density at radius 2 is 2.44 bits per heavy atom. The number of aromatic nitrogens is 2. The van der Waals surface area contributed by atoms with Crippen molar-refractivity contribution >= 4 is 0 Å². The zero-order valence-corrected chi connectivity index (χ0v) is 9.97. The first-order valence-electron chi connectivity index (χ1n) is 5.96. The van der Waals surface area contributed by atoms with E-state index < -0.39 is 0 Å². The van der Waals surface area contributed by atoms with E-state index in [0.29, 0.717) is 18.6 Å². The van der Waals surface area contributed by atoms with Crippen LogP contribution in [0.2, 0.25) is 0 Å². The zero-order chi connectivity index (χ0) is 11.5. The molecule has 0 saturated carbocycles. The second-order valence-electron chi connectivity index (χ2n) is 4.71. The van der Waals surface area contributed by atoms with Crippen LogP contribution in [0.4, 0.5) is 0 Å². The number of aliphatic hydroxyl groups excluding tert-OH is 1. The van der Waals surface area contributed by atoms with E-state index in [2.05, 4.69) is 18.9 Å². The van der Waals surface area contributed by atoms with Crippen molar-refractivity contribution in [3.05, 3.63) is 18.0 Å². The molecular formula is C12H20N2O2. The molecule has 2 rings (SSSR count). The largest absolute Gasteiger partial charge is 0.396 e. The van der Waals surface area contributed by atoms with E-state index in [9.17, 15) is 5.11 Å². The monoisotopic (exact) mass is 224 g/mol. The van der Waals surface area contributed by atoms with Gasteiger partial charge in [0.2, 0.25) is 0 Å². The van der Waals surface area contributed by atoms with E-state index in [4.69, 9.17) is 4.74 Å². The lowest BCUT2D eigenvalue weighted by atomic mass is 9.86. The topological polar surface area (TPSA) is 47.3 Å². The summed E-state index contributed by atoms with van der Waals surface area (Å²) in [6.07, 6.45) is 2.77. The highest BCUT2D eigenvalue weighted by Gasteiger charge is 2.29. The van der Waals surface area contributed by atoms with Gasteiger partial charge in [0.15, 0.2) is 0 Å². The Bertz CT molecular complexity index is 336. The molecule has 1 fully saturated rings. The van der Waals surface area contributed by atoms with E-state index in [-0.39, 0.29) is 12.5 Å². The first-order chi connectivity index (χ1) is 7.74. The van der Waals surface area contributed by atoms with Crippen LogP contribution in [-0.4, -0.2) is 34.7 Å². The SMILES string of the molecule is CC(C)n1nccc1[C@H]1COCC[C@H]1CO. The molecule has 1 aromatic heterocycles. The molecule has 2 atom stereocenters.